The lowest BCUT2D eigenvalue weighted by Gasteiger charge is -2.28. The highest BCUT2D eigenvalue weighted by atomic mass is 16.5. The summed E-state index contributed by atoms with van der Waals surface area (Å²) in [4.78, 5) is 15.6. The zero-order valence-corrected chi connectivity index (χ0v) is 11.7. The van der Waals surface area contributed by atoms with Gasteiger partial charge < -0.3 is 9.64 Å². The first-order valence-corrected chi connectivity index (χ1v) is 7.19. The summed E-state index contributed by atoms with van der Waals surface area (Å²) < 4.78 is 5.40. The number of morpholine rings is 1. The van der Waals surface area contributed by atoms with Gasteiger partial charge >= 0.3 is 0 Å². The largest absolute Gasteiger partial charge is 0.378 e. The van der Waals surface area contributed by atoms with Crippen LogP contribution in [0.25, 0.3) is 0 Å². The Morgan fingerprint density at radius 2 is 2.00 bits per heavy atom. The van der Waals surface area contributed by atoms with Gasteiger partial charge in [-0.3, -0.25) is 9.98 Å². The number of hydrogen-bond acceptors (Lipinski definition) is 5. The molecular formula is C16H16N4O. The minimum atomic E-state index is 0.716. The third-order valence-corrected chi connectivity index (χ3v) is 3.92. The van der Waals surface area contributed by atoms with Gasteiger partial charge in [0.25, 0.3) is 0 Å². The van der Waals surface area contributed by atoms with Crippen molar-refractivity contribution in [3.63, 3.8) is 0 Å². The molecule has 0 unspecified atom stereocenters. The van der Waals surface area contributed by atoms with Crippen LogP contribution in [0.2, 0.25) is 0 Å². The summed E-state index contributed by atoms with van der Waals surface area (Å²) in [6.07, 6.45) is 5.58. The van der Waals surface area contributed by atoms with Crippen LogP contribution >= 0.6 is 0 Å². The lowest BCUT2D eigenvalue weighted by atomic mass is 10.0. The molecular weight excluding hydrogens is 264 g/mol. The van der Waals surface area contributed by atoms with Crippen LogP contribution in [0.4, 0.5) is 5.82 Å². The van der Waals surface area contributed by atoms with Crippen LogP contribution in [0.1, 0.15) is 16.7 Å². The van der Waals surface area contributed by atoms with E-state index in [1.54, 1.807) is 0 Å². The number of nitrogens with zero attached hydrogens (tertiary/aromatic N) is 4. The van der Waals surface area contributed by atoms with Gasteiger partial charge in [-0.2, -0.15) is 0 Å². The minimum absolute atomic E-state index is 0.716. The Labute approximate surface area is 123 Å². The number of aliphatic imine (C=N–C) groups is 1. The maximum absolute atomic E-state index is 5.40. The monoisotopic (exact) mass is 280 g/mol. The predicted octanol–water partition coefficient (Wildman–Crippen LogP) is 1.66. The Balaban J connectivity index is 1.67. The SMILES string of the molecule is c1cc2c(cn1)CN=C2c1ccnc(N2CCOCC2)c1. The molecule has 4 heterocycles. The van der Waals surface area contributed by atoms with Gasteiger partial charge in [0, 0.05) is 48.4 Å². The standard InChI is InChI=1S/C16H16N4O/c1-4-18-15(20-5-7-21-8-6-20)9-12(1)16-14-2-3-17-10-13(14)11-19-16/h1-4,9-10H,5-8,11H2. The molecule has 2 aliphatic heterocycles. The Kier molecular flexibility index (Phi) is 3.12. The molecule has 2 aromatic rings. The van der Waals surface area contributed by atoms with E-state index in [9.17, 15) is 0 Å². The van der Waals surface area contributed by atoms with Crippen LogP contribution < -0.4 is 4.90 Å². The normalized spacial score (nSPS) is 17.5. The first kappa shape index (κ1) is 12.5. The van der Waals surface area contributed by atoms with E-state index in [4.69, 9.17) is 4.74 Å². The molecule has 4 rings (SSSR count). The van der Waals surface area contributed by atoms with Crippen molar-refractivity contribution in [1.29, 1.82) is 0 Å². The number of anilines is 1. The average molecular weight is 280 g/mol. The summed E-state index contributed by atoms with van der Waals surface area (Å²) >= 11 is 0. The number of aromatic nitrogens is 2. The number of rotatable bonds is 2. The molecule has 0 saturated carbocycles. The molecule has 0 aliphatic carbocycles. The maximum Gasteiger partial charge on any atom is 0.129 e. The van der Waals surface area contributed by atoms with Crippen molar-refractivity contribution in [3.05, 3.63) is 53.5 Å². The van der Waals surface area contributed by atoms with E-state index in [2.05, 4.69) is 25.9 Å². The molecule has 5 nitrogen and oxygen atoms in total. The molecule has 2 aromatic heterocycles. The van der Waals surface area contributed by atoms with Crippen LogP contribution in [0.15, 0.2) is 41.8 Å². The molecule has 0 amide bonds. The van der Waals surface area contributed by atoms with Gasteiger partial charge in [-0.25, -0.2) is 4.98 Å². The number of pyridine rings is 2. The first-order valence-electron chi connectivity index (χ1n) is 7.19. The summed E-state index contributed by atoms with van der Waals surface area (Å²) in [7, 11) is 0. The summed E-state index contributed by atoms with van der Waals surface area (Å²) in [5, 5.41) is 0. The fourth-order valence-electron chi connectivity index (χ4n) is 2.81. The molecule has 2 aliphatic rings. The highest BCUT2D eigenvalue weighted by Gasteiger charge is 2.19. The summed E-state index contributed by atoms with van der Waals surface area (Å²) in [5.41, 5.74) is 4.54. The second-order valence-corrected chi connectivity index (χ2v) is 5.20. The van der Waals surface area contributed by atoms with Crippen molar-refractivity contribution >= 4 is 11.5 Å². The zero-order chi connectivity index (χ0) is 14.1. The van der Waals surface area contributed by atoms with E-state index in [-0.39, 0.29) is 0 Å². The van der Waals surface area contributed by atoms with Gasteiger partial charge in [-0.1, -0.05) is 0 Å². The highest BCUT2D eigenvalue weighted by molar-refractivity contribution is 6.15. The van der Waals surface area contributed by atoms with Crippen LogP contribution in [0.5, 0.6) is 0 Å². The molecule has 0 radical (unpaired) electrons. The van der Waals surface area contributed by atoms with E-state index in [1.165, 1.54) is 11.1 Å². The topological polar surface area (TPSA) is 50.6 Å². The lowest BCUT2D eigenvalue weighted by molar-refractivity contribution is 0.122. The van der Waals surface area contributed by atoms with E-state index in [1.807, 2.05) is 30.7 Å². The Bertz CT molecular complexity index is 692. The third kappa shape index (κ3) is 2.29. The fraction of sp³-hybridized carbons (Fsp3) is 0.312. The van der Waals surface area contributed by atoms with Gasteiger partial charge in [0.05, 0.1) is 25.5 Å². The average Bonchev–Trinajstić information content (AvgIpc) is 3.00. The lowest BCUT2D eigenvalue weighted by Crippen LogP contribution is -2.36. The van der Waals surface area contributed by atoms with Crippen molar-refractivity contribution in [1.82, 2.24) is 9.97 Å². The van der Waals surface area contributed by atoms with Crippen molar-refractivity contribution in [2.45, 2.75) is 6.54 Å². The molecule has 1 fully saturated rings. The second-order valence-electron chi connectivity index (χ2n) is 5.20. The van der Waals surface area contributed by atoms with Crippen molar-refractivity contribution in [2.24, 2.45) is 4.99 Å². The van der Waals surface area contributed by atoms with E-state index in [0.717, 1.165) is 43.4 Å². The van der Waals surface area contributed by atoms with Crippen molar-refractivity contribution < 1.29 is 4.74 Å². The highest BCUT2D eigenvalue weighted by Crippen LogP contribution is 2.24. The van der Waals surface area contributed by atoms with Gasteiger partial charge in [-0.15, -0.1) is 0 Å². The van der Waals surface area contributed by atoms with Gasteiger partial charge in [0.1, 0.15) is 5.82 Å². The Morgan fingerprint density at radius 1 is 1.10 bits per heavy atom. The number of ether oxygens (including phenoxy) is 1. The molecule has 21 heavy (non-hydrogen) atoms. The molecule has 0 aromatic carbocycles. The van der Waals surface area contributed by atoms with E-state index in [0.29, 0.717) is 6.54 Å². The Hall–Kier alpha value is -2.27. The predicted molar refractivity (Wildman–Crippen MR) is 80.8 cm³/mol. The van der Waals surface area contributed by atoms with E-state index < -0.39 is 0 Å². The van der Waals surface area contributed by atoms with Crippen LogP contribution in [-0.2, 0) is 11.3 Å². The third-order valence-electron chi connectivity index (χ3n) is 3.92. The first-order chi connectivity index (χ1) is 10.4. The zero-order valence-electron chi connectivity index (χ0n) is 11.7. The van der Waals surface area contributed by atoms with Crippen LogP contribution in [0.3, 0.4) is 0 Å². The quantitative estimate of drug-likeness (QED) is 0.839. The molecule has 0 bridgehead atoms. The van der Waals surface area contributed by atoms with Crippen LogP contribution in [0, 0.1) is 0 Å². The minimum Gasteiger partial charge on any atom is -0.378 e. The molecule has 0 N–H and O–H groups in total. The molecule has 106 valence electrons. The number of fused-ring (bicyclic) bond motifs is 1. The van der Waals surface area contributed by atoms with Crippen molar-refractivity contribution in [3.8, 4) is 0 Å². The molecule has 5 heteroatoms. The summed E-state index contributed by atoms with van der Waals surface area (Å²) in [5.74, 6) is 1.00. The second kappa shape index (κ2) is 5.26. The molecule has 1 saturated heterocycles. The fourth-order valence-corrected chi connectivity index (χ4v) is 2.81. The summed E-state index contributed by atoms with van der Waals surface area (Å²) in [6.45, 7) is 4.03. The van der Waals surface area contributed by atoms with Gasteiger partial charge in [0.15, 0.2) is 0 Å². The maximum atomic E-state index is 5.40. The number of hydrogen-bond donors (Lipinski definition) is 0. The molecule has 0 atom stereocenters. The van der Waals surface area contributed by atoms with Gasteiger partial charge in [-0.05, 0) is 18.2 Å². The summed E-state index contributed by atoms with van der Waals surface area (Å²) in [6, 6.07) is 6.19. The Morgan fingerprint density at radius 3 is 2.90 bits per heavy atom. The van der Waals surface area contributed by atoms with Gasteiger partial charge in [0.2, 0.25) is 0 Å². The van der Waals surface area contributed by atoms with E-state index >= 15 is 0 Å². The molecule has 0 spiro atoms. The smallest absolute Gasteiger partial charge is 0.129 e. The van der Waals surface area contributed by atoms with Crippen LogP contribution in [-0.4, -0.2) is 42.0 Å². The van der Waals surface area contributed by atoms with Crippen molar-refractivity contribution in [2.75, 3.05) is 31.2 Å².